The summed E-state index contributed by atoms with van der Waals surface area (Å²) < 4.78 is 0. The lowest BCUT2D eigenvalue weighted by atomic mass is 9.96. The fraction of sp³-hybridized carbons (Fsp3) is 0. The fourth-order valence-corrected chi connectivity index (χ4v) is 3.62. The Morgan fingerprint density at radius 1 is 0.556 bits per heavy atom. The number of hydrogen-bond acceptors (Lipinski definition) is 3. The normalized spacial score (nSPS) is 11.1. The van der Waals surface area contributed by atoms with Gasteiger partial charge in [0.2, 0.25) is 0 Å². The Balaban J connectivity index is 1.81. The molecule has 128 valence electrons. The van der Waals surface area contributed by atoms with Gasteiger partial charge in [0.05, 0.1) is 11.0 Å². The first-order chi connectivity index (χ1) is 13.3. The van der Waals surface area contributed by atoms with Gasteiger partial charge in [-0.3, -0.25) is 9.97 Å². The van der Waals surface area contributed by atoms with E-state index in [0.29, 0.717) is 0 Å². The molecule has 0 aliphatic carbocycles. The molecule has 0 unspecified atom stereocenters. The van der Waals surface area contributed by atoms with Crippen molar-refractivity contribution in [2.24, 2.45) is 0 Å². The lowest BCUT2D eigenvalue weighted by Gasteiger charge is -2.11. The van der Waals surface area contributed by atoms with E-state index in [0.717, 1.165) is 44.1 Å². The van der Waals surface area contributed by atoms with Crippen LogP contribution >= 0.6 is 0 Å². The minimum absolute atomic E-state index is 0.253. The van der Waals surface area contributed by atoms with Crippen LogP contribution in [-0.2, 0) is 0 Å². The van der Waals surface area contributed by atoms with Gasteiger partial charge < -0.3 is 5.11 Å². The third-order valence-electron chi connectivity index (χ3n) is 4.86. The average molecular weight is 348 g/mol. The second-order valence-electron chi connectivity index (χ2n) is 6.49. The van der Waals surface area contributed by atoms with Crippen LogP contribution in [0.15, 0.2) is 91.3 Å². The molecule has 0 aliphatic heterocycles. The van der Waals surface area contributed by atoms with Gasteiger partial charge in [0.25, 0.3) is 0 Å². The van der Waals surface area contributed by atoms with Gasteiger partial charge in [-0.15, -0.1) is 0 Å². The highest BCUT2D eigenvalue weighted by Gasteiger charge is 2.12. The number of benzene rings is 3. The van der Waals surface area contributed by atoms with Gasteiger partial charge in [0.15, 0.2) is 0 Å². The first-order valence-corrected chi connectivity index (χ1v) is 8.82. The summed E-state index contributed by atoms with van der Waals surface area (Å²) in [5.41, 5.74) is 6.05. The molecule has 5 aromatic rings. The van der Waals surface area contributed by atoms with E-state index in [1.165, 1.54) is 0 Å². The van der Waals surface area contributed by atoms with Gasteiger partial charge in [-0.2, -0.15) is 0 Å². The Hall–Kier alpha value is -3.72. The Morgan fingerprint density at radius 3 is 1.78 bits per heavy atom. The van der Waals surface area contributed by atoms with E-state index in [1.54, 1.807) is 18.3 Å². The number of pyridine rings is 2. The van der Waals surface area contributed by atoms with Gasteiger partial charge in [-0.05, 0) is 46.5 Å². The molecule has 1 N–H and O–H groups in total. The lowest BCUT2D eigenvalue weighted by Crippen LogP contribution is -1.90. The molecule has 0 amide bonds. The maximum atomic E-state index is 9.85. The predicted octanol–water partition coefficient (Wildman–Crippen LogP) is 5.82. The molecule has 3 nitrogen and oxygen atoms in total. The number of aromatic hydroxyl groups is 1. The van der Waals surface area contributed by atoms with Crippen molar-refractivity contribution in [3.05, 3.63) is 91.3 Å². The van der Waals surface area contributed by atoms with Crippen molar-refractivity contribution in [2.75, 3.05) is 0 Å². The molecule has 27 heavy (non-hydrogen) atoms. The number of phenols is 1. The van der Waals surface area contributed by atoms with Crippen LogP contribution in [0.4, 0.5) is 0 Å². The summed E-state index contributed by atoms with van der Waals surface area (Å²) in [6.45, 7) is 0. The molecular formula is C24H16N2O. The van der Waals surface area contributed by atoms with E-state index in [-0.39, 0.29) is 5.75 Å². The van der Waals surface area contributed by atoms with Crippen molar-refractivity contribution in [1.82, 2.24) is 9.97 Å². The van der Waals surface area contributed by atoms with Crippen LogP contribution in [0.3, 0.4) is 0 Å². The molecule has 0 atom stereocenters. The number of rotatable bonds is 2. The molecule has 3 aromatic carbocycles. The van der Waals surface area contributed by atoms with E-state index < -0.39 is 0 Å². The summed E-state index contributed by atoms with van der Waals surface area (Å²) in [4.78, 5) is 9.26. The molecule has 0 bridgehead atoms. The van der Waals surface area contributed by atoms with Crippen LogP contribution < -0.4 is 0 Å². The van der Waals surface area contributed by atoms with E-state index in [4.69, 9.17) is 0 Å². The first-order valence-electron chi connectivity index (χ1n) is 8.82. The van der Waals surface area contributed by atoms with E-state index >= 15 is 0 Å². The molecule has 0 radical (unpaired) electrons. The van der Waals surface area contributed by atoms with Gasteiger partial charge in [-0.25, -0.2) is 0 Å². The molecule has 2 aromatic heterocycles. The zero-order valence-corrected chi connectivity index (χ0v) is 14.5. The number of nitrogens with zero attached hydrogens (tertiary/aromatic N) is 2. The van der Waals surface area contributed by atoms with Gasteiger partial charge in [-0.1, -0.05) is 54.6 Å². The number of fused-ring (bicyclic) bond motifs is 3. The Bertz CT molecular complexity index is 1280. The van der Waals surface area contributed by atoms with E-state index in [9.17, 15) is 5.11 Å². The molecule has 0 fully saturated rings. The van der Waals surface area contributed by atoms with Crippen molar-refractivity contribution in [3.63, 3.8) is 0 Å². The summed E-state index contributed by atoms with van der Waals surface area (Å²) in [5, 5.41) is 12.0. The molecule has 0 aliphatic rings. The number of phenolic OH excluding ortho intramolecular Hbond substituents is 1. The smallest absolute Gasteiger partial charge is 0.116 e. The molecule has 0 spiro atoms. The SMILES string of the molecule is Oc1cccc(-c2ccnc3c2ccc2c(-c4ccccc4)ccnc23)c1. The zero-order chi connectivity index (χ0) is 18.2. The quantitative estimate of drug-likeness (QED) is 0.409. The summed E-state index contributed by atoms with van der Waals surface area (Å²) in [7, 11) is 0. The summed E-state index contributed by atoms with van der Waals surface area (Å²) in [6, 6.07) is 25.8. The minimum atomic E-state index is 0.253. The Kier molecular flexibility index (Phi) is 3.58. The van der Waals surface area contributed by atoms with Gasteiger partial charge >= 0.3 is 0 Å². The monoisotopic (exact) mass is 348 g/mol. The van der Waals surface area contributed by atoms with Crippen LogP contribution in [0.25, 0.3) is 44.1 Å². The van der Waals surface area contributed by atoms with Crippen LogP contribution in [0.1, 0.15) is 0 Å². The summed E-state index contributed by atoms with van der Waals surface area (Å²) >= 11 is 0. The number of hydrogen-bond donors (Lipinski definition) is 1. The first kappa shape index (κ1) is 15.5. The van der Waals surface area contributed by atoms with Crippen molar-refractivity contribution >= 4 is 21.8 Å². The van der Waals surface area contributed by atoms with Crippen LogP contribution in [0.5, 0.6) is 5.75 Å². The molecule has 2 heterocycles. The van der Waals surface area contributed by atoms with E-state index in [2.05, 4.69) is 34.2 Å². The van der Waals surface area contributed by atoms with Gasteiger partial charge in [0.1, 0.15) is 5.75 Å². The highest BCUT2D eigenvalue weighted by Crippen LogP contribution is 2.35. The number of aromatic nitrogens is 2. The summed E-state index contributed by atoms with van der Waals surface area (Å²) in [5.74, 6) is 0.253. The van der Waals surface area contributed by atoms with Crippen molar-refractivity contribution in [3.8, 4) is 28.0 Å². The second-order valence-corrected chi connectivity index (χ2v) is 6.49. The van der Waals surface area contributed by atoms with Crippen molar-refractivity contribution < 1.29 is 5.11 Å². The second kappa shape index (κ2) is 6.22. The third-order valence-corrected chi connectivity index (χ3v) is 4.86. The maximum absolute atomic E-state index is 9.85. The molecule has 5 rings (SSSR count). The van der Waals surface area contributed by atoms with Gasteiger partial charge in [0, 0.05) is 23.2 Å². The largest absolute Gasteiger partial charge is 0.508 e. The van der Waals surface area contributed by atoms with E-state index in [1.807, 2.05) is 48.7 Å². The average Bonchev–Trinajstić information content (AvgIpc) is 2.73. The predicted molar refractivity (Wildman–Crippen MR) is 110 cm³/mol. The van der Waals surface area contributed by atoms with Crippen LogP contribution in [-0.4, -0.2) is 15.1 Å². The Morgan fingerprint density at radius 2 is 1.15 bits per heavy atom. The van der Waals surface area contributed by atoms with Crippen LogP contribution in [0.2, 0.25) is 0 Å². The fourth-order valence-electron chi connectivity index (χ4n) is 3.62. The Labute approximate surface area is 156 Å². The molecule has 3 heteroatoms. The van der Waals surface area contributed by atoms with Crippen molar-refractivity contribution in [1.29, 1.82) is 0 Å². The minimum Gasteiger partial charge on any atom is -0.508 e. The topological polar surface area (TPSA) is 46.0 Å². The third kappa shape index (κ3) is 2.61. The summed E-state index contributed by atoms with van der Waals surface area (Å²) in [6.07, 6.45) is 3.64. The lowest BCUT2D eigenvalue weighted by molar-refractivity contribution is 0.475. The molecular weight excluding hydrogens is 332 g/mol. The zero-order valence-electron chi connectivity index (χ0n) is 14.5. The molecule has 0 saturated heterocycles. The molecule has 0 saturated carbocycles. The highest BCUT2D eigenvalue weighted by molar-refractivity contribution is 6.11. The standard InChI is InChI=1S/C24H16N2O/c27-18-8-4-7-17(15-18)20-12-14-26-24-22(20)10-9-21-19(11-13-25-23(21)24)16-5-2-1-3-6-16/h1-15,27H. The highest BCUT2D eigenvalue weighted by atomic mass is 16.3. The van der Waals surface area contributed by atoms with Crippen LogP contribution in [0, 0.1) is 0 Å². The maximum Gasteiger partial charge on any atom is 0.116 e. The van der Waals surface area contributed by atoms with Crippen molar-refractivity contribution in [2.45, 2.75) is 0 Å².